The lowest BCUT2D eigenvalue weighted by molar-refractivity contribution is 1.08. The van der Waals surface area contributed by atoms with Crippen molar-refractivity contribution in [2.45, 2.75) is 0 Å². The molecule has 488 valence electrons. The Morgan fingerprint density at radius 1 is 0.113 bits per heavy atom. The minimum absolute atomic E-state index is 0.609. The van der Waals surface area contributed by atoms with Crippen molar-refractivity contribution >= 4 is 140 Å². The molecule has 5 heteroatoms. The Labute approximate surface area is 609 Å². The standard InChI is InChI=1S/C101H59N5/c1-3-20-74-61(16-1)34-38-67-53-71(43-46-76(67)74)99-102-96(69-41-49-88-82-26-7-5-22-78(82)80-24-9-11-28-84(80)93(88)56-69)59-97(103-99)70-42-50-91-90-48-40-66(55-92(90)86-30-13-14-31-87(86)94(91)57-70)65-19-15-18-64(52-65)60-32-36-63(37-33-60)98-104-100(72-44-47-77-68(54-72)39-35-62-17-2-4-21-75(62)77)106-101(105-98)73-45-51-89-83-27-8-6-23-79(83)81-25-10-12-29-85(81)95(89)58-73/h1-59H. The van der Waals surface area contributed by atoms with E-state index < -0.39 is 0 Å². The molecule has 0 bridgehead atoms. The Kier molecular flexibility index (Phi) is 13.3. The fourth-order valence-corrected chi connectivity index (χ4v) is 17.0. The summed E-state index contributed by atoms with van der Waals surface area (Å²) in [6.45, 7) is 0. The first kappa shape index (κ1) is 59.5. The molecule has 0 N–H and O–H groups in total. The number of fused-ring (bicyclic) bond motifs is 24. The normalized spacial score (nSPS) is 12.0. The molecule has 0 amide bonds. The van der Waals surface area contributed by atoms with Crippen LogP contribution in [0.2, 0.25) is 0 Å². The van der Waals surface area contributed by atoms with E-state index in [9.17, 15) is 0 Å². The van der Waals surface area contributed by atoms with Gasteiger partial charge in [0.05, 0.1) is 11.4 Å². The molecule has 0 saturated heterocycles. The van der Waals surface area contributed by atoms with Gasteiger partial charge in [-0.2, -0.15) is 0 Å². The van der Waals surface area contributed by atoms with Crippen molar-refractivity contribution < 1.29 is 0 Å². The molecule has 0 aliphatic rings. The van der Waals surface area contributed by atoms with E-state index in [0.29, 0.717) is 23.3 Å². The van der Waals surface area contributed by atoms with Crippen molar-refractivity contribution in [3.63, 3.8) is 0 Å². The van der Waals surface area contributed by atoms with Crippen molar-refractivity contribution in [2.75, 3.05) is 0 Å². The van der Waals surface area contributed by atoms with Gasteiger partial charge in [0.1, 0.15) is 0 Å². The van der Waals surface area contributed by atoms with Gasteiger partial charge in [-0.25, -0.2) is 24.9 Å². The summed E-state index contributed by atoms with van der Waals surface area (Å²) >= 11 is 0. The summed E-state index contributed by atoms with van der Waals surface area (Å²) in [5, 5.41) is 31.3. The molecule has 20 aromatic carbocycles. The van der Waals surface area contributed by atoms with Crippen LogP contribution in [0.25, 0.3) is 230 Å². The highest BCUT2D eigenvalue weighted by Crippen LogP contribution is 2.44. The summed E-state index contributed by atoms with van der Waals surface area (Å²) < 4.78 is 0. The molecule has 0 saturated carbocycles. The molecular weight excluding hydrogens is 1280 g/mol. The maximum Gasteiger partial charge on any atom is 0.164 e. The van der Waals surface area contributed by atoms with Crippen LogP contribution in [-0.4, -0.2) is 24.9 Å². The summed E-state index contributed by atoms with van der Waals surface area (Å²) in [5.74, 6) is 2.53. The van der Waals surface area contributed by atoms with E-state index in [1.807, 2.05) is 0 Å². The summed E-state index contributed by atoms with van der Waals surface area (Å²) in [4.78, 5) is 26.9. The molecule has 22 aromatic rings. The van der Waals surface area contributed by atoms with Crippen molar-refractivity contribution in [1.82, 2.24) is 24.9 Å². The molecule has 0 fully saturated rings. The van der Waals surface area contributed by atoms with E-state index >= 15 is 0 Å². The van der Waals surface area contributed by atoms with Gasteiger partial charge in [-0.05, 0) is 211 Å². The van der Waals surface area contributed by atoms with Crippen LogP contribution in [0.3, 0.4) is 0 Å². The van der Waals surface area contributed by atoms with E-state index in [1.165, 1.54) is 124 Å². The fraction of sp³-hybridized carbons (Fsp3) is 0. The molecule has 106 heavy (non-hydrogen) atoms. The average Bonchev–Trinajstić information content (AvgIpc) is 0.742. The first-order valence-electron chi connectivity index (χ1n) is 36.2. The zero-order valence-corrected chi connectivity index (χ0v) is 57.3. The smallest absolute Gasteiger partial charge is 0.164 e. The van der Waals surface area contributed by atoms with Crippen molar-refractivity contribution in [3.8, 4) is 90.3 Å². The minimum atomic E-state index is 0.609. The Balaban J connectivity index is 0.626. The lowest BCUT2D eigenvalue weighted by atomic mass is 9.90. The number of hydrogen-bond donors (Lipinski definition) is 0. The van der Waals surface area contributed by atoms with Crippen LogP contribution in [0.5, 0.6) is 0 Å². The molecule has 0 radical (unpaired) electrons. The first-order valence-corrected chi connectivity index (χ1v) is 36.2. The van der Waals surface area contributed by atoms with Gasteiger partial charge in [-0.1, -0.05) is 309 Å². The van der Waals surface area contributed by atoms with Crippen LogP contribution in [-0.2, 0) is 0 Å². The summed E-state index contributed by atoms with van der Waals surface area (Å²) in [7, 11) is 0. The second-order valence-electron chi connectivity index (χ2n) is 28.1. The minimum Gasteiger partial charge on any atom is -0.228 e. The quantitative estimate of drug-likeness (QED) is 0.142. The van der Waals surface area contributed by atoms with Gasteiger partial charge in [0, 0.05) is 33.4 Å². The average molecular weight is 1340 g/mol. The third-order valence-corrected chi connectivity index (χ3v) is 22.2. The highest BCUT2D eigenvalue weighted by molar-refractivity contribution is 6.29. The number of hydrogen-bond acceptors (Lipinski definition) is 5. The van der Waals surface area contributed by atoms with Gasteiger partial charge < -0.3 is 0 Å². The molecule has 0 spiro atoms. The molecule has 0 atom stereocenters. The van der Waals surface area contributed by atoms with Crippen molar-refractivity contribution in [1.29, 1.82) is 0 Å². The van der Waals surface area contributed by atoms with Crippen LogP contribution >= 0.6 is 0 Å². The van der Waals surface area contributed by atoms with Gasteiger partial charge in [0.15, 0.2) is 23.3 Å². The Morgan fingerprint density at radius 2 is 0.358 bits per heavy atom. The van der Waals surface area contributed by atoms with Crippen LogP contribution in [0.4, 0.5) is 0 Å². The van der Waals surface area contributed by atoms with E-state index in [1.54, 1.807) is 0 Å². The van der Waals surface area contributed by atoms with Gasteiger partial charge >= 0.3 is 0 Å². The largest absolute Gasteiger partial charge is 0.228 e. The van der Waals surface area contributed by atoms with Crippen molar-refractivity contribution in [3.05, 3.63) is 358 Å². The molecule has 0 unspecified atom stereocenters. The van der Waals surface area contributed by atoms with E-state index in [0.717, 1.165) is 83.2 Å². The van der Waals surface area contributed by atoms with Crippen LogP contribution < -0.4 is 0 Å². The highest BCUT2D eigenvalue weighted by atomic mass is 15.0. The zero-order chi connectivity index (χ0) is 69.5. The predicted molar refractivity (Wildman–Crippen MR) is 446 cm³/mol. The first-order chi connectivity index (χ1) is 52.5. The second-order valence-corrected chi connectivity index (χ2v) is 28.1. The Morgan fingerprint density at radius 3 is 0.774 bits per heavy atom. The van der Waals surface area contributed by atoms with E-state index in [4.69, 9.17) is 24.9 Å². The molecule has 22 rings (SSSR count). The van der Waals surface area contributed by atoms with Crippen LogP contribution in [0, 0.1) is 0 Å². The van der Waals surface area contributed by atoms with Crippen LogP contribution in [0.15, 0.2) is 358 Å². The second kappa shape index (κ2) is 23.7. The number of nitrogens with zero attached hydrogens (tertiary/aromatic N) is 5. The maximum absolute atomic E-state index is 5.51. The Hall–Kier alpha value is -14.1. The Bertz CT molecular complexity index is 7430. The third-order valence-electron chi connectivity index (χ3n) is 22.2. The van der Waals surface area contributed by atoms with E-state index in [2.05, 4.69) is 358 Å². The highest BCUT2D eigenvalue weighted by Gasteiger charge is 2.21. The SMILES string of the molecule is c1cc(-c2ccc(-c3nc(-c4ccc5c(ccc6ccccc65)c4)nc(-c4ccc5c6ccccc6c6ccccc6c5c4)n3)cc2)cc(-c2ccc3c4ccc(-c5cc(-c6ccc7c8ccccc8c8ccccc8c7c6)nc(-c6ccc7c(ccc8ccccc87)c6)n5)cc4c4ccccc4c3c2)c1. The summed E-state index contributed by atoms with van der Waals surface area (Å²) in [6.07, 6.45) is 0. The lowest BCUT2D eigenvalue weighted by Crippen LogP contribution is -2.00. The fourth-order valence-electron chi connectivity index (χ4n) is 17.0. The number of aromatic nitrogens is 5. The maximum atomic E-state index is 5.51. The van der Waals surface area contributed by atoms with E-state index in [-0.39, 0.29) is 0 Å². The van der Waals surface area contributed by atoms with Crippen molar-refractivity contribution in [2.24, 2.45) is 0 Å². The molecule has 2 heterocycles. The molecule has 5 nitrogen and oxygen atoms in total. The summed E-state index contributed by atoms with van der Waals surface area (Å²) in [5.41, 5.74) is 12.0. The molecule has 0 aliphatic carbocycles. The van der Waals surface area contributed by atoms with Crippen LogP contribution in [0.1, 0.15) is 0 Å². The third kappa shape index (κ3) is 9.67. The summed E-state index contributed by atoms with van der Waals surface area (Å²) in [6, 6.07) is 130. The molecule has 0 aliphatic heterocycles. The zero-order valence-electron chi connectivity index (χ0n) is 57.3. The molecule has 2 aromatic heterocycles. The van der Waals surface area contributed by atoms with Gasteiger partial charge in [0.25, 0.3) is 0 Å². The van der Waals surface area contributed by atoms with Gasteiger partial charge in [0.2, 0.25) is 0 Å². The predicted octanol–water partition coefficient (Wildman–Crippen LogP) is 27.0. The van der Waals surface area contributed by atoms with Gasteiger partial charge in [-0.3, -0.25) is 0 Å². The van der Waals surface area contributed by atoms with Gasteiger partial charge in [-0.15, -0.1) is 0 Å². The number of benzene rings is 20. The monoisotopic (exact) mass is 1340 g/mol. The number of rotatable bonds is 8. The lowest BCUT2D eigenvalue weighted by Gasteiger charge is -2.15. The molecular formula is C101H59N5. The topological polar surface area (TPSA) is 64.5 Å².